The number of amides is 2. The molecule has 0 radical (unpaired) electrons. The van der Waals surface area contributed by atoms with Crippen molar-refractivity contribution < 1.29 is 9.53 Å². The molecule has 5 heteroatoms. The van der Waals surface area contributed by atoms with E-state index in [1.54, 1.807) is 0 Å². The Bertz CT molecular complexity index is 610. The summed E-state index contributed by atoms with van der Waals surface area (Å²) in [5.74, 6) is 0.932. The standard InChI is InChI=1S/C18H27N3O2/c1-17(2)10-13(18(3,4)23-17)11-19-16(22)21-15-9-8-12-6-5-7-14(12)20-15/h8-9,13H,5-7,10-11H2,1-4H3,(H2,19,20,21,22). The number of rotatable bonds is 3. The molecule has 0 aromatic carbocycles. The van der Waals surface area contributed by atoms with E-state index in [1.165, 1.54) is 5.56 Å². The number of nitrogens with one attached hydrogen (secondary N) is 2. The summed E-state index contributed by atoms with van der Waals surface area (Å²) in [6.07, 6.45) is 4.21. The largest absolute Gasteiger partial charge is 0.369 e. The number of urea groups is 1. The van der Waals surface area contributed by atoms with Crippen molar-refractivity contribution in [1.29, 1.82) is 0 Å². The van der Waals surface area contributed by atoms with Crippen LogP contribution in [0.4, 0.5) is 10.6 Å². The summed E-state index contributed by atoms with van der Waals surface area (Å²) in [5, 5.41) is 5.81. The van der Waals surface area contributed by atoms with E-state index >= 15 is 0 Å². The number of hydrogen-bond donors (Lipinski definition) is 2. The summed E-state index contributed by atoms with van der Waals surface area (Å²) in [5.41, 5.74) is 2.08. The van der Waals surface area contributed by atoms with E-state index in [0.717, 1.165) is 31.4 Å². The molecule has 126 valence electrons. The lowest BCUT2D eigenvalue weighted by Crippen LogP contribution is -2.39. The van der Waals surface area contributed by atoms with Gasteiger partial charge in [0.15, 0.2) is 0 Å². The van der Waals surface area contributed by atoms with Gasteiger partial charge in [-0.15, -0.1) is 0 Å². The number of nitrogens with zero attached hydrogens (tertiary/aromatic N) is 1. The summed E-state index contributed by atoms with van der Waals surface area (Å²) in [6.45, 7) is 8.99. The van der Waals surface area contributed by atoms with Crippen LogP contribution in [-0.2, 0) is 17.6 Å². The van der Waals surface area contributed by atoms with Crippen molar-refractivity contribution in [2.45, 2.75) is 64.6 Å². The maximum absolute atomic E-state index is 12.1. The first-order chi connectivity index (χ1) is 10.8. The Morgan fingerprint density at radius 1 is 1.30 bits per heavy atom. The van der Waals surface area contributed by atoms with Crippen LogP contribution in [0, 0.1) is 5.92 Å². The lowest BCUT2D eigenvalue weighted by molar-refractivity contribution is -0.0740. The molecule has 1 aliphatic heterocycles. The van der Waals surface area contributed by atoms with E-state index < -0.39 is 0 Å². The number of hydrogen-bond acceptors (Lipinski definition) is 3. The number of aromatic nitrogens is 1. The average Bonchev–Trinajstić information content (AvgIpc) is 2.97. The predicted molar refractivity (Wildman–Crippen MR) is 90.6 cm³/mol. The minimum atomic E-state index is -0.220. The number of aryl methyl sites for hydroxylation is 2. The second-order valence-electron chi connectivity index (χ2n) is 7.86. The molecule has 1 aromatic heterocycles. The Labute approximate surface area is 138 Å². The molecule has 1 aromatic rings. The fraction of sp³-hybridized carbons (Fsp3) is 0.667. The second kappa shape index (κ2) is 5.78. The maximum Gasteiger partial charge on any atom is 0.320 e. The van der Waals surface area contributed by atoms with E-state index in [9.17, 15) is 4.79 Å². The predicted octanol–water partition coefficient (Wildman–Crippen LogP) is 3.29. The van der Waals surface area contributed by atoms with Crippen molar-refractivity contribution in [3.8, 4) is 0 Å². The lowest BCUT2D eigenvalue weighted by atomic mass is 9.87. The van der Waals surface area contributed by atoms with Gasteiger partial charge in [0, 0.05) is 18.2 Å². The van der Waals surface area contributed by atoms with Crippen molar-refractivity contribution in [3.63, 3.8) is 0 Å². The zero-order valence-corrected chi connectivity index (χ0v) is 14.5. The molecule has 2 amide bonds. The fourth-order valence-electron chi connectivity index (χ4n) is 3.86. The maximum atomic E-state index is 12.1. The molecule has 1 saturated heterocycles. The first-order valence-electron chi connectivity index (χ1n) is 8.49. The Hall–Kier alpha value is -1.62. The van der Waals surface area contributed by atoms with Crippen LogP contribution in [0.15, 0.2) is 12.1 Å². The second-order valence-corrected chi connectivity index (χ2v) is 7.86. The van der Waals surface area contributed by atoms with Crippen molar-refractivity contribution in [2.24, 2.45) is 5.92 Å². The first kappa shape index (κ1) is 16.2. The van der Waals surface area contributed by atoms with Crippen molar-refractivity contribution >= 4 is 11.8 Å². The number of carbonyl (C=O) groups is 1. The van der Waals surface area contributed by atoms with E-state index in [1.807, 2.05) is 6.07 Å². The molecule has 0 saturated carbocycles. The SMILES string of the molecule is CC1(C)CC(CNC(=O)Nc2ccc3c(n2)CCC3)C(C)(C)O1. The van der Waals surface area contributed by atoms with Crippen LogP contribution in [-0.4, -0.2) is 28.8 Å². The Balaban J connectivity index is 1.54. The molecule has 2 N–H and O–H groups in total. The monoisotopic (exact) mass is 317 g/mol. The van der Waals surface area contributed by atoms with Crippen LogP contribution in [0.5, 0.6) is 0 Å². The van der Waals surface area contributed by atoms with Crippen molar-refractivity contribution in [2.75, 3.05) is 11.9 Å². The highest BCUT2D eigenvalue weighted by molar-refractivity contribution is 5.88. The molecule has 1 aliphatic carbocycles. The van der Waals surface area contributed by atoms with Crippen LogP contribution >= 0.6 is 0 Å². The summed E-state index contributed by atoms with van der Waals surface area (Å²) >= 11 is 0. The minimum Gasteiger partial charge on any atom is -0.369 e. The molecule has 2 aliphatic rings. The van der Waals surface area contributed by atoms with E-state index in [-0.39, 0.29) is 17.2 Å². The summed E-state index contributed by atoms with van der Waals surface area (Å²) < 4.78 is 6.07. The molecule has 1 fully saturated rings. The highest BCUT2D eigenvalue weighted by Crippen LogP contribution is 2.41. The molecule has 0 spiro atoms. The van der Waals surface area contributed by atoms with Crippen LogP contribution in [0.25, 0.3) is 0 Å². The van der Waals surface area contributed by atoms with Gasteiger partial charge in [-0.1, -0.05) is 6.07 Å². The molecule has 1 unspecified atom stereocenters. The molecular formula is C18H27N3O2. The van der Waals surface area contributed by atoms with Gasteiger partial charge >= 0.3 is 6.03 Å². The highest BCUT2D eigenvalue weighted by atomic mass is 16.5. The molecule has 1 atom stereocenters. The number of carbonyl (C=O) groups excluding carboxylic acids is 1. The number of anilines is 1. The van der Waals surface area contributed by atoms with E-state index in [4.69, 9.17) is 4.74 Å². The number of pyridine rings is 1. The normalized spacial score (nSPS) is 24.3. The molecule has 2 heterocycles. The van der Waals surface area contributed by atoms with Crippen LogP contribution < -0.4 is 10.6 Å². The van der Waals surface area contributed by atoms with E-state index in [0.29, 0.717) is 18.3 Å². The van der Waals surface area contributed by atoms with Gasteiger partial charge in [0.1, 0.15) is 5.82 Å². The van der Waals surface area contributed by atoms with E-state index in [2.05, 4.69) is 49.4 Å². The van der Waals surface area contributed by atoms with Gasteiger partial charge in [0.05, 0.1) is 11.2 Å². The summed E-state index contributed by atoms with van der Waals surface area (Å²) in [6, 6.07) is 3.76. The van der Waals surface area contributed by atoms with Crippen molar-refractivity contribution in [3.05, 3.63) is 23.4 Å². The molecule has 5 nitrogen and oxygen atoms in total. The topological polar surface area (TPSA) is 63.2 Å². The number of ether oxygens (including phenoxy) is 1. The zero-order chi connectivity index (χ0) is 16.7. The third kappa shape index (κ3) is 3.66. The highest BCUT2D eigenvalue weighted by Gasteiger charge is 2.45. The smallest absolute Gasteiger partial charge is 0.320 e. The third-order valence-corrected chi connectivity index (χ3v) is 4.94. The Morgan fingerprint density at radius 3 is 2.78 bits per heavy atom. The van der Waals surface area contributed by atoms with Crippen LogP contribution in [0.3, 0.4) is 0 Å². The van der Waals surface area contributed by atoms with Gasteiger partial charge in [-0.25, -0.2) is 9.78 Å². The zero-order valence-electron chi connectivity index (χ0n) is 14.5. The van der Waals surface area contributed by atoms with Gasteiger partial charge in [-0.2, -0.15) is 0 Å². The molecule has 3 rings (SSSR count). The molecular weight excluding hydrogens is 290 g/mol. The summed E-state index contributed by atoms with van der Waals surface area (Å²) in [4.78, 5) is 16.7. The Kier molecular flexibility index (Phi) is 4.08. The van der Waals surface area contributed by atoms with Crippen LogP contribution in [0.1, 0.15) is 51.8 Å². The Morgan fingerprint density at radius 2 is 2.09 bits per heavy atom. The van der Waals surface area contributed by atoms with Crippen molar-refractivity contribution in [1.82, 2.24) is 10.3 Å². The van der Waals surface area contributed by atoms with Gasteiger partial charge in [-0.05, 0) is 65.0 Å². The third-order valence-electron chi connectivity index (χ3n) is 4.94. The minimum absolute atomic E-state index is 0.131. The molecule has 23 heavy (non-hydrogen) atoms. The summed E-state index contributed by atoms with van der Waals surface area (Å²) in [7, 11) is 0. The van der Waals surface area contributed by atoms with Gasteiger partial charge in [0.25, 0.3) is 0 Å². The van der Waals surface area contributed by atoms with Gasteiger partial charge in [-0.3, -0.25) is 5.32 Å². The van der Waals surface area contributed by atoms with Crippen LogP contribution in [0.2, 0.25) is 0 Å². The van der Waals surface area contributed by atoms with Gasteiger partial charge < -0.3 is 10.1 Å². The first-order valence-corrected chi connectivity index (χ1v) is 8.49. The number of fused-ring (bicyclic) bond motifs is 1. The average molecular weight is 317 g/mol. The van der Waals surface area contributed by atoms with Gasteiger partial charge in [0.2, 0.25) is 0 Å². The molecule has 0 bridgehead atoms. The fourth-order valence-corrected chi connectivity index (χ4v) is 3.86. The lowest BCUT2D eigenvalue weighted by Gasteiger charge is -2.27. The quantitative estimate of drug-likeness (QED) is 0.899.